The summed E-state index contributed by atoms with van der Waals surface area (Å²) in [6.45, 7) is 2.53. The van der Waals surface area contributed by atoms with Gasteiger partial charge >= 0.3 is 0 Å². The van der Waals surface area contributed by atoms with Gasteiger partial charge in [-0.2, -0.15) is 0 Å². The highest BCUT2D eigenvalue weighted by molar-refractivity contribution is 6.19. The third kappa shape index (κ3) is 3.52. The number of amides is 1. The van der Waals surface area contributed by atoms with Gasteiger partial charge in [0, 0.05) is 19.1 Å². The lowest BCUT2D eigenvalue weighted by molar-refractivity contribution is 0.0862. The fourth-order valence-corrected chi connectivity index (χ4v) is 2.88. The Hall–Kier alpha value is -1.07. The fourth-order valence-electron chi connectivity index (χ4n) is 2.54. The quantitative estimate of drug-likeness (QED) is 0.849. The van der Waals surface area contributed by atoms with Gasteiger partial charge in [0.15, 0.2) is 11.5 Å². The lowest BCUT2D eigenvalue weighted by Gasteiger charge is -2.38. The fraction of sp³-hybridized carbons (Fsp3) is 0.714. The number of hydrogen-bond acceptors (Lipinski definition) is 4. The number of aromatic nitrogens is 1. The second-order valence-electron chi connectivity index (χ2n) is 5.66. The molecule has 2 rings (SSSR count). The summed E-state index contributed by atoms with van der Waals surface area (Å²) in [6.07, 6.45) is 3.99. The molecule has 5 nitrogen and oxygen atoms in total. The van der Waals surface area contributed by atoms with E-state index in [2.05, 4.69) is 17.4 Å². The van der Waals surface area contributed by atoms with Crippen molar-refractivity contribution in [1.29, 1.82) is 0 Å². The van der Waals surface area contributed by atoms with Crippen LogP contribution in [-0.4, -0.2) is 29.6 Å². The Bertz CT molecular complexity index is 453. The minimum absolute atomic E-state index is 0.230. The Morgan fingerprint density at radius 1 is 1.60 bits per heavy atom. The number of methoxy groups -OCH3 is 1. The number of nitrogens with one attached hydrogen (secondary N) is 1. The van der Waals surface area contributed by atoms with Crippen molar-refractivity contribution in [2.75, 3.05) is 13.0 Å². The number of nitrogens with zero attached hydrogens (tertiary/aromatic N) is 1. The predicted octanol–water partition coefficient (Wildman–Crippen LogP) is 2.74. The first-order valence-corrected chi connectivity index (χ1v) is 7.45. The van der Waals surface area contributed by atoms with Crippen molar-refractivity contribution in [3.8, 4) is 0 Å². The molecule has 20 heavy (non-hydrogen) atoms. The van der Waals surface area contributed by atoms with Gasteiger partial charge in [-0.25, -0.2) is 0 Å². The third-order valence-electron chi connectivity index (χ3n) is 3.94. The van der Waals surface area contributed by atoms with Crippen LogP contribution in [0.3, 0.4) is 0 Å². The molecular weight excluding hydrogens is 280 g/mol. The average Bonchev–Trinajstić information content (AvgIpc) is 2.91. The molecule has 112 valence electrons. The first-order valence-electron chi connectivity index (χ1n) is 6.91. The predicted molar refractivity (Wildman–Crippen MR) is 75.8 cm³/mol. The summed E-state index contributed by atoms with van der Waals surface area (Å²) in [5.74, 6) is 1.43. The molecule has 1 N–H and O–H groups in total. The highest BCUT2D eigenvalue weighted by atomic mass is 35.5. The van der Waals surface area contributed by atoms with Crippen LogP contribution >= 0.6 is 11.6 Å². The molecular formula is C14H21ClN2O3. The Morgan fingerprint density at radius 3 is 2.90 bits per heavy atom. The topological polar surface area (TPSA) is 64.4 Å². The highest BCUT2D eigenvalue weighted by Gasteiger charge is 2.35. The minimum Gasteiger partial charge on any atom is -0.377 e. The van der Waals surface area contributed by atoms with Gasteiger partial charge in [0.05, 0.1) is 5.54 Å². The van der Waals surface area contributed by atoms with Gasteiger partial charge in [0.1, 0.15) is 6.61 Å². The van der Waals surface area contributed by atoms with Crippen LogP contribution < -0.4 is 5.32 Å². The largest absolute Gasteiger partial charge is 0.377 e. The van der Waals surface area contributed by atoms with Crippen LogP contribution in [0.1, 0.15) is 48.9 Å². The second-order valence-corrected chi connectivity index (χ2v) is 5.93. The molecule has 1 saturated carbocycles. The maximum Gasteiger partial charge on any atom is 0.273 e. The van der Waals surface area contributed by atoms with E-state index in [4.69, 9.17) is 20.9 Å². The molecule has 1 fully saturated rings. The van der Waals surface area contributed by atoms with Crippen LogP contribution in [0.15, 0.2) is 10.6 Å². The number of ether oxygens (including phenoxy) is 1. The van der Waals surface area contributed by atoms with Crippen LogP contribution in [0.2, 0.25) is 0 Å². The standard InChI is InChI=1S/C14H21ClN2O3/c1-10-3-5-14(9-15,6-4-10)16-13(18)12-7-11(8-19-2)20-17-12/h7,10H,3-6,8-9H2,1-2H3,(H,16,18). The smallest absolute Gasteiger partial charge is 0.273 e. The van der Waals surface area contributed by atoms with Gasteiger partial charge in [0.2, 0.25) is 0 Å². The summed E-state index contributed by atoms with van der Waals surface area (Å²) in [4.78, 5) is 12.2. The summed E-state index contributed by atoms with van der Waals surface area (Å²) in [6, 6.07) is 1.60. The number of carbonyl (C=O) groups is 1. The minimum atomic E-state index is -0.314. The van der Waals surface area contributed by atoms with Crippen molar-refractivity contribution in [1.82, 2.24) is 10.5 Å². The zero-order chi connectivity index (χ0) is 14.6. The molecule has 0 spiro atoms. The van der Waals surface area contributed by atoms with Gasteiger partial charge in [-0.15, -0.1) is 11.6 Å². The summed E-state index contributed by atoms with van der Waals surface area (Å²) in [7, 11) is 1.56. The molecule has 6 heteroatoms. The highest BCUT2D eigenvalue weighted by Crippen LogP contribution is 2.33. The molecule has 1 amide bonds. The van der Waals surface area contributed by atoms with Crippen molar-refractivity contribution in [3.05, 3.63) is 17.5 Å². The molecule has 1 heterocycles. The van der Waals surface area contributed by atoms with E-state index in [0.717, 1.165) is 25.7 Å². The normalized spacial score (nSPS) is 26.4. The van der Waals surface area contributed by atoms with Gasteiger partial charge in [-0.3, -0.25) is 4.79 Å². The summed E-state index contributed by atoms with van der Waals surface area (Å²) in [5, 5.41) is 6.81. The Morgan fingerprint density at radius 2 is 2.30 bits per heavy atom. The summed E-state index contributed by atoms with van der Waals surface area (Å²) in [5.41, 5.74) is -0.0360. The van der Waals surface area contributed by atoms with Gasteiger partial charge in [-0.1, -0.05) is 12.1 Å². The van der Waals surface area contributed by atoms with Crippen LogP contribution in [0.25, 0.3) is 0 Å². The zero-order valence-electron chi connectivity index (χ0n) is 11.9. The molecule has 1 aliphatic rings. The lowest BCUT2D eigenvalue weighted by atomic mass is 9.78. The number of hydrogen-bond donors (Lipinski definition) is 1. The van der Waals surface area contributed by atoms with Crippen molar-refractivity contribution < 1.29 is 14.1 Å². The molecule has 1 aromatic heterocycles. The summed E-state index contributed by atoms with van der Waals surface area (Å²) < 4.78 is 9.97. The monoisotopic (exact) mass is 300 g/mol. The van der Waals surface area contributed by atoms with E-state index in [0.29, 0.717) is 24.2 Å². The molecule has 0 unspecified atom stereocenters. The number of carbonyl (C=O) groups excluding carboxylic acids is 1. The summed E-state index contributed by atoms with van der Waals surface area (Å²) >= 11 is 6.09. The van der Waals surface area contributed by atoms with E-state index in [-0.39, 0.29) is 17.1 Å². The molecule has 0 aliphatic heterocycles. The lowest BCUT2D eigenvalue weighted by Crippen LogP contribution is -2.52. The van der Waals surface area contributed by atoms with Crippen LogP contribution in [0.4, 0.5) is 0 Å². The number of rotatable bonds is 5. The van der Waals surface area contributed by atoms with E-state index in [9.17, 15) is 4.79 Å². The number of halogens is 1. The Balaban J connectivity index is 2.01. The zero-order valence-corrected chi connectivity index (χ0v) is 12.7. The first-order chi connectivity index (χ1) is 9.58. The molecule has 0 saturated heterocycles. The molecule has 1 aromatic rings. The van der Waals surface area contributed by atoms with E-state index in [1.54, 1.807) is 13.2 Å². The van der Waals surface area contributed by atoms with Gasteiger partial charge < -0.3 is 14.6 Å². The van der Waals surface area contributed by atoms with Gasteiger partial charge in [0.25, 0.3) is 5.91 Å². The SMILES string of the molecule is COCc1cc(C(=O)NC2(CCl)CCC(C)CC2)no1. The number of alkyl halides is 1. The van der Waals surface area contributed by atoms with Gasteiger partial charge in [-0.05, 0) is 31.6 Å². The Kier molecular flexibility index (Phi) is 5.05. The molecule has 0 bridgehead atoms. The van der Waals surface area contributed by atoms with E-state index < -0.39 is 0 Å². The molecule has 1 aliphatic carbocycles. The van der Waals surface area contributed by atoms with E-state index in [1.165, 1.54) is 0 Å². The van der Waals surface area contributed by atoms with Crippen LogP contribution in [-0.2, 0) is 11.3 Å². The third-order valence-corrected chi connectivity index (χ3v) is 4.46. The molecule has 0 radical (unpaired) electrons. The first kappa shape index (κ1) is 15.3. The maximum atomic E-state index is 12.2. The molecule has 0 aromatic carbocycles. The van der Waals surface area contributed by atoms with E-state index >= 15 is 0 Å². The second kappa shape index (κ2) is 6.59. The Labute approximate surface area is 124 Å². The van der Waals surface area contributed by atoms with E-state index in [1.807, 2.05) is 0 Å². The van der Waals surface area contributed by atoms with Crippen molar-refractivity contribution in [3.63, 3.8) is 0 Å². The average molecular weight is 301 g/mol. The van der Waals surface area contributed by atoms with Crippen LogP contribution in [0, 0.1) is 5.92 Å². The van der Waals surface area contributed by atoms with Crippen molar-refractivity contribution in [2.24, 2.45) is 5.92 Å². The van der Waals surface area contributed by atoms with Crippen molar-refractivity contribution >= 4 is 17.5 Å². The maximum absolute atomic E-state index is 12.2. The van der Waals surface area contributed by atoms with Crippen LogP contribution in [0.5, 0.6) is 0 Å². The van der Waals surface area contributed by atoms with Crippen molar-refractivity contribution in [2.45, 2.75) is 44.8 Å². The molecule has 0 atom stereocenters.